The summed E-state index contributed by atoms with van der Waals surface area (Å²) in [6.07, 6.45) is 2.31. The number of carbonyl (C=O) groups is 1. The van der Waals surface area contributed by atoms with Gasteiger partial charge in [-0.2, -0.15) is 0 Å². The number of rotatable bonds is 5. The van der Waals surface area contributed by atoms with Crippen LogP contribution < -0.4 is 15.5 Å². The lowest BCUT2D eigenvalue weighted by Crippen LogP contribution is -2.52. The zero-order chi connectivity index (χ0) is 21.2. The predicted molar refractivity (Wildman–Crippen MR) is 121 cm³/mol. The second-order valence-corrected chi connectivity index (χ2v) is 7.95. The van der Waals surface area contributed by atoms with Gasteiger partial charge in [-0.15, -0.1) is 0 Å². The molecule has 2 heterocycles. The van der Waals surface area contributed by atoms with Gasteiger partial charge < -0.3 is 10.1 Å². The van der Waals surface area contributed by atoms with Crippen LogP contribution in [0.4, 0.5) is 0 Å². The van der Waals surface area contributed by atoms with Crippen LogP contribution in [0.3, 0.4) is 0 Å². The van der Waals surface area contributed by atoms with Gasteiger partial charge in [0.15, 0.2) is 0 Å². The number of carbonyl (C=O) groups excluding carboxylic acids is 1. The van der Waals surface area contributed by atoms with Gasteiger partial charge in [0, 0.05) is 23.7 Å². The summed E-state index contributed by atoms with van der Waals surface area (Å²) in [7, 11) is 1.67. The van der Waals surface area contributed by atoms with Crippen LogP contribution in [0.2, 0.25) is 0 Å². The molecule has 5 rings (SSSR count). The van der Waals surface area contributed by atoms with E-state index in [9.17, 15) is 4.79 Å². The number of fused-ring (bicyclic) bond motifs is 1. The van der Waals surface area contributed by atoms with E-state index in [1.165, 1.54) is 5.56 Å². The highest BCUT2D eigenvalue weighted by Gasteiger charge is 2.46. The lowest BCUT2D eigenvalue weighted by molar-refractivity contribution is -0.131. The molecule has 0 saturated carbocycles. The third kappa shape index (κ3) is 3.80. The van der Waals surface area contributed by atoms with E-state index in [0.717, 1.165) is 29.0 Å². The number of nitrogens with zero attached hydrogens (tertiary/aromatic N) is 1. The van der Waals surface area contributed by atoms with Crippen LogP contribution >= 0.6 is 0 Å². The molecule has 0 bridgehead atoms. The molecule has 1 fully saturated rings. The van der Waals surface area contributed by atoms with E-state index in [0.29, 0.717) is 0 Å². The Hall–Kier alpha value is -3.57. The van der Waals surface area contributed by atoms with Crippen molar-refractivity contribution in [2.75, 3.05) is 7.11 Å². The average Bonchev–Trinajstić information content (AvgIpc) is 3.19. The number of ether oxygens (including phenoxy) is 1. The fourth-order valence-corrected chi connectivity index (χ4v) is 4.53. The first-order valence-electron chi connectivity index (χ1n) is 10.5. The zero-order valence-electron chi connectivity index (χ0n) is 17.4. The number of amides is 1. The van der Waals surface area contributed by atoms with Crippen molar-refractivity contribution in [3.63, 3.8) is 0 Å². The fourth-order valence-electron chi connectivity index (χ4n) is 4.53. The molecule has 31 heavy (non-hydrogen) atoms. The number of nitrogens with one attached hydrogen (secondary N) is 2. The summed E-state index contributed by atoms with van der Waals surface area (Å²) in [5, 5.41) is 5.37. The van der Waals surface area contributed by atoms with E-state index in [-0.39, 0.29) is 24.0 Å². The summed E-state index contributed by atoms with van der Waals surface area (Å²) in [6, 6.07) is 28.6. The maximum absolute atomic E-state index is 13.1. The molecule has 3 atom stereocenters. The topological polar surface area (TPSA) is 53.6 Å². The summed E-state index contributed by atoms with van der Waals surface area (Å²) in [5.41, 5.74) is 7.75. The highest BCUT2D eigenvalue weighted by atomic mass is 16.5. The molecule has 3 unspecified atom stereocenters. The van der Waals surface area contributed by atoms with Crippen molar-refractivity contribution in [1.82, 2.24) is 15.8 Å². The summed E-state index contributed by atoms with van der Waals surface area (Å²) in [4.78, 5) is 13.1. The molecule has 0 aliphatic carbocycles. The molecule has 5 nitrogen and oxygen atoms in total. The highest BCUT2D eigenvalue weighted by Crippen LogP contribution is 2.36. The quantitative estimate of drug-likeness (QED) is 0.672. The minimum Gasteiger partial charge on any atom is -0.497 e. The fraction of sp³-hybridized carbons (Fsp3) is 0.192. The number of hydrazine groups is 1. The third-order valence-electron chi connectivity index (χ3n) is 6.05. The standard InChI is InChI=1S/C26H25N3O2/c1-31-21-14-12-20(13-15-21)25-23(16-18-8-4-2-5-9-18)28-29-24(30)17-22(27-26(25)29)19-10-6-3-7-11-19/h2-15,17,23,25-28H,16H2,1H3. The molecule has 1 saturated heterocycles. The second-order valence-electron chi connectivity index (χ2n) is 7.95. The van der Waals surface area contributed by atoms with Crippen molar-refractivity contribution < 1.29 is 9.53 Å². The van der Waals surface area contributed by atoms with Crippen molar-refractivity contribution >= 4 is 11.6 Å². The summed E-state index contributed by atoms with van der Waals surface area (Å²) < 4.78 is 5.35. The van der Waals surface area contributed by atoms with Crippen molar-refractivity contribution in [3.05, 3.63) is 108 Å². The van der Waals surface area contributed by atoms with E-state index >= 15 is 0 Å². The third-order valence-corrected chi connectivity index (χ3v) is 6.05. The van der Waals surface area contributed by atoms with Gasteiger partial charge in [0.1, 0.15) is 11.9 Å². The van der Waals surface area contributed by atoms with Crippen LogP contribution in [-0.2, 0) is 11.2 Å². The number of methoxy groups -OCH3 is 1. The van der Waals surface area contributed by atoms with Crippen molar-refractivity contribution in [3.8, 4) is 5.75 Å². The second kappa shape index (κ2) is 8.28. The van der Waals surface area contributed by atoms with Gasteiger partial charge in [0.25, 0.3) is 5.91 Å². The molecule has 2 N–H and O–H groups in total. The van der Waals surface area contributed by atoms with Gasteiger partial charge >= 0.3 is 0 Å². The Labute approximate surface area is 182 Å². The van der Waals surface area contributed by atoms with Gasteiger partial charge in [0.05, 0.1) is 7.11 Å². The van der Waals surface area contributed by atoms with E-state index in [2.05, 4.69) is 47.1 Å². The smallest absolute Gasteiger partial charge is 0.264 e. The molecule has 3 aromatic carbocycles. The molecule has 0 spiro atoms. The van der Waals surface area contributed by atoms with Crippen molar-refractivity contribution in [2.24, 2.45) is 0 Å². The van der Waals surface area contributed by atoms with E-state index in [1.807, 2.05) is 48.5 Å². The highest BCUT2D eigenvalue weighted by molar-refractivity contribution is 5.96. The molecule has 5 heteroatoms. The Morgan fingerprint density at radius 2 is 1.58 bits per heavy atom. The van der Waals surface area contributed by atoms with Crippen LogP contribution in [0, 0.1) is 0 Å². The number of hydrogen-bond donors (Lipinski definition) is 2. The van der Waals surface area contributed by atoms with Gasteiger partial charge in [-0.25, -0.2) is 5.43 Å². The summed E-state index contributed by atoms with van der Waals surface area (Å²) in [6.45, 7) is 0. The molecule has 1 amide bonds. The van der Waals surface area contributed by atoms with E-state index in [4.69, 9.17) is 4.74 Å². The molecule has 156 valence electrons. The number of benzene rings is 3. The minimum atomic E-state index is -0.185. The van der Waals surface area contributed by atoms with E-state index in [1.54, 1.807) is 18.2 Å². The number of hydrogen-bond acceptors (Lipinski definition) is 4. The molecule has 3 aromatic rings. The Morgan fingerprint density at radius 1 is 0.903 bits per heavy atom. The van der Waals surface area contributed by atoms with Gasteiger partial charge in [-0.05, 0) is 35.2 Å². The van der Waals surface area contributed by atoms with Crippen LogP contribution in [-0.4, -0.2) is 30.2 Å². The minimum absolute atomic E-state index is 0.0309. The Morgan fingerprint density at radius 3 is 2.26 bits per heavy atom. The molecular weight excluding hydrogens is 386 g/mol. The summed E-state index contributed by atoms with van der Waals surface area (Å²) in [5.74, 6) is 0.864. The lowest BCUT2D eigenvalue weighted by Gasteiger charge is -2.33. The van der Waals surface area contributed by atoms with Gasteiger partial charge in [-0.1, -0.05) is 72.8 Å². The van der Waals surface area contributed by atoms with Crippen LogP contribution in [0.15, 0.2) is 91.0 Å². The predicted octanol–water partition coefficient (Wildman–Crippen LogP) is 3.71. The lowest BCUT2D eigenvalue weighted by atomic mass is 9.86. The molecule has 2 aliphatic rings. The molecule has 0 radical (unpaired) electrons. The Kier molecular flexibility index (Phi) is 5.18. The van der Waals surface area contributed by atoms with Crippen LogP contribution in [0.25, 0.3) is 5.70 Å². The monoisotopic (exact) mass is 411 g/mol. The largest absolute Gasteiger partial charge is 0.497 e. The normalized spacial score (nSPS) is 22.5. The first-order chi connectivity index (χ1) is 15.2. The summed E-state index contributed by atoms with van der Waals surface area (Å²) >= 11 is 0. The molecule has 0 aromatic heterocycles. The van der Waals surface area contributed by atoms with Crippen LogP contribution in [0.1, 0.15) is 22.6 Å². The Balaban J connectivity index is 1.50. The van der Waals surface area contributed by atoms with Gasteiger partial charge in [-0.3, -0.25) is 9.80 Å². The van der Waals surface area contributed by atoms with Crippen molar-refractivity contribution in [2.45, 2.75) is 24.5 Å². The Bertz CT molecular complexity index is 1080. The van der Waals surface area contributed by atoms with Gasteiger partial charge in [0.2, 0.25) is 0 Å². The first-order valence-corrected chi connectivity index (χ1v) is 10.5. The molecule has 2 aliphatic heterocycles. The van der Waals surface area contributed by atoms with Crippen LogP contribution in [0.5, 0.6) is 5.75 Å². The first kappa shape index (κ1) is 19.4. The SMILES string of the molecule is COc1ccc(C2C(Cc3ccccc3)NN3C(=O)C=C(c4ccccc4)NC23)cc1. The average molecular weight is 412 g/mol. The van der Waals surface area contributed by atoms with E-state index < -0.39 is 0 Å². The zero-order valence-corrected chi connectivity index (χ0v) is 17.4. The molecular formula is C26H25N3O2. The van der Waals surface area contributed by atoms with Crippen molar-refractivity contribution in [1.29, 1.82) is 0 Å². The maximum Gasteiger partial charge on any atom is 0.264 e. The maximum atomic E-state index is 13.1.